The van der Waals surface area contributed by atoms with E-state index in [4.69, 9.17) is 28.3 Å². The quantitative estimate of drug-likeness (QED) is 0.651. The molecule has 0 aromatic heterocycles. The molecule has 2 aromatic carbocycles. The number of benzene rings is 2. The number of Topliss-reactive ketones (excluding diaryl/α,β-unsaturated/α-hetero) is 1. The van der Waals surface area contributed by atoms with Crippen molar-refractivity contribution in [3.05, 3.63) is 70.8 Å². The molecule has 0 aliphatic carbocycles. The lowest BCUT2D eigenvalue weighted by atomic mass is 10.1. The number of halogens is 2. The van der Waals surface area contributed by atoms with Crippen LogP contribution in [0.15, 0.2) is 48.5 Å². The van der Waals surface area contributed by atoms with Crippen LogP contribution in [-0.2, 0) is 0 Å². The summed E-state index contributed by atoms with van der Waals surface area (Å²) in [4.78, 5) is 42.3. The predicted octanol–water partition coefficient (Wildman–Crippen LogP) is 4.03. The van der Waals surface area contributed by atoms with E-state index in [9.17, 15) is 19.2 Å². The maximum Gasteiger partial charge on any atom is 0.335 e. The van der Waals surface area contributed by atoms with Gasteiger partial charge < -0.3 is 5.11 Å². The van der Waals surface area contributed by atoms with Gasteiger partial charge in [0, 0.05) is 16.7 Å². The average Bonchev–Trinajstić information content (AvgIpc) is 2.55. The van der Waals surface area contributed by atoms with Crippen molar-refractivity contribution in [2.24, 2.45) is 0 Å². The molecule has 0 aliphatic rings. The van der Waals surface area contributed by atoms with Gasteiger partial charge in [-0.3, -0.25) is 14.4 Å². The van der Waals surface area contributed by atoms with Crippen LogP contribution in [0.25, 0.3) is 0 Å². The minimum Gasteiger partial charge on any atom is -0.478 e. The van der Waals surface area contributed by atoms with E-state index in [2.05, 4.69) is 0 Å². The maximum absolute atomic E-state index is 10.8. The van der Waals surface area contributed by atoms with Crippen LogP contribution in [0.1, 0.15) is 48.4 Å². The first-order valence-electron chi connectivity index (χ1n) is 6.56. The molecule has 0 aliphatic heterocycles. The van der Waals surface area contributed by atoms with Crippen LogP contribution in [0.4, 0.5) is 0 Å². The van der Waals surface area contributed by atoms with Gasteiger partial charge in [-0.25, -0.2) is 4.79 Å². The molecule has 0 amide bonds. The zero-order valence-electron chi connectivity index (χ0n) is 12.5. The fourth-order valence-corrected chi connectivity index (χ4v) is 1.83. The summed E-state index contributed by atoms with van der Waals surface area (Å²) in [5, 5.41) is 7.42. The topological polar surface area (TPSA) is 88.5 Å². The zero-order chi connectivity index (χ0) is 18.3. The normalized spacial score (nSPS) is 9.46. The lowest BCUT2D eigenvalue weighted by Gasteiger charge is -1.95. The van der Waals surface area contributed by atoms with E-state index in [1.807, 2.05) is 0 Å². The molecule has 124 valence electrons. The first-order chi connectivity index (χ1) is 11.2. The van der Waals surface area contributed by atoms with Gasteiger partial charge in [0.05, 0.1) is 5.56 Å². The van der Waals surface area contributed by atoms with Gasteiger partial charge in [0.2, 0.25) is 0 Å². The van der Waals surface area contributed by atoms with E-state index in [1.54, 1.807) is 0 Å². The van der Waals surface area contributed by atoms with Crippen LogP contribution in [0.3, 0.4) is 0 Å². The molecule has 1 N–H and O–H groups in total. The van der Waals surface area contributed by atoms with Gasteiger partial charge in [-0.2, -0.15) is 0 Å². The van der Waals surface area contributed by atoms with Gasteiger partial charge >= 0.3 is 5.97 Å². The van der Waals surface area contributed by atoms with E-state index in [0.29, 0.717) is 16.7 Å². The number of carbonyl (C=O) groups excluding carboxylic acids is 3. The summed E-state index contributed by atoms with van der Waals surface area (Å²) < 4.78 is 0. The minimum atomic E-state index is -0.981. The second-order valence-electron chi connectivity index (χ2n) is 4.56. The zero-order valence-corrected chi connectivity index (χ0v) is 14.0. The summed E-state index contributed by atoms with van der Waals surface area (Å²) in [6, 6.07) is 11.6. The fourth-order valence-electron chi connectivity index (χ4n) is 1.58. The Morgan fingerprint density at radius 1 is 0.667 bits per heavy atom. The molecule has 0 bridgehead atoms. The molecular weight excluding hydrogens is 355 g/mol. The second-order valence-corrected chi connectivity index (χ2v) is 5.25. The van der Waals surface area contributed by atoms with E-state index < -0.39 is 16.5 Å². The van der Waals surface area contributed by atoms with Gasteiger partial charge in [-0.15, -0.1) is 0 Å². The standard InChI is InChI=1S/C9H8O3.C8H4Cl2O2/c1-6(10)7-2-4-8(5-3-7)9(11)12;9-7(11)5-1-2-6(4-3-5)8(10)12/h2-5H,1H3,(H,11,12);1-4H. The predicted molar refractivity (Wildman–Crippen MR) is 90.2 cm³/mol. The van der Waals surface area contributed by atoms with Crippen molar-refractivity contribution in [3.63, 3.8) is 0 Å². The highest BCUT2D eigenvalue weighted by Crippen LogP contribution is 2.08. The molecular formula is C17H12Cl2O5. The van der Waals surface area contributed by atoms with E-state index in [1.165, 1.54) is 55.5 Å². The van der Waals surface area contributed by atoms with E-state index in [-0.39, 0.29) is 11.3 Å². The third-order valence-electron chi connectivity index (χ3n) is 2.88. The Balaban J connectivity index is 0.000000240. The first kappa shape index (κ1) is 19.5. The van der Waals surface area contributed by atoms with E-state index in [0.717, 1.165) is 0 Å². The highest BCUT2D eigenvalue weighted by atomic mass is 35.5. The molecule has 2 rings (SSSR count). The molecule has 5 nitrogen and oxygen atoms in total. The number of carboxylic acids is 1. The van der Waals surface area contributed by atoms with Crippen LogP contribution in [0.2, 0.25) is 0 Å². The summed E-state index contributed by atoms with van der Waals surface area (Å²) in [5.74, 6) is -1.04. The smallest absolute Gasteiger partial charge is 0.335 e. The molecule has 7 heteroatoms. The molecule has 2 aromatic rings. The Morgan fingerprint density at radius 2 is 0.958 bits per heavy atom. The lowest BCUT2D eigenvalue weighted by molar-refractivity contribution is 0.0696. The summed E-state index contributed by atoms with van der Waals surface area (Å²) in [7, 11) is 0. The summed E-state index contributed by atoms with van der Waals surface area (Å²) >= 11 is 10.4. The van der Waals surface area contributed by atoms with Crippen LogP contribution in [0.5, 0.6) is 0 Å². The third-order valence-corrected chi connectivity index (χ3v) is 3.31. The summed E-state index contributed by atoms with van der Waals surface area (Å²) in [6.07, 6.45) is 0. The Hall–Kier alpha value is -2.50. The number of hydrogen-bond acceptors (Lipinski definition) is 4. The Labute approximate surface area is 147 Å². The minimum absolute atomic E-state index is 0.0630. The molecule has 0 radical (unpaired) electrons. The average molecular weight is 367 g/mol. The Kier molecular flexibility index (Phi) is 7.30. The van der Waals surface area contributed by atoms with Crippen LogP contribution in [0, 0.1) is 0 Å². The molecule has 24 heavy (non-hydrogen) atoms. The van der Waals surface area contributed by atoms with Crippen LogP contribution < -0.4 is 0 Å². The molecule has 0 fully saturated rings. The van der Waals surface area contributed by atoms with Gasteiger partial charge in [0.25, 0.3) is 10.5 Å². The third kappa shape index (κ3) is 5.95. The van der Waals surface area contributed by atoms with Crippen molar-refractivity contribution >= 4 is 45.4 Å². The van der Waals surface area contributed by atoms with E-state index >= 15 is 0 Å². The maximum atomic E-state index is 10.8. The van der Waals surface area contributed by atoms with Crippen molar-refractivity contribution in [1.82, 2.24) is 0 Å². The SMILES string of the molecule is CC(=O)c1ccc(C(=O)O)cc1.O=C(Cl)c1ccc(C(=O)Cl)cc1. The largest absolute Gasteiger partial charge is 0.478 e. The summed E-state index contributed by atoms with van der Waals surface area (Å²) in [6.45, 7) is 1.44. The molecule has 0 spiro atoms. The fraction of sp³-hybridized carbons (Fsp3) is 0.0588. The Morgan fingerprint density at radius 3 is 1.21 bits per heavy atom. The van der Waals surface area contributed by atoms with Gasteiger partial charge in [0.1, 0.15) is 0 Å². The first-order valence-corrected chi connectivity index (χ1v) is 7.32. The van der Waals surface area contributed by atoms with Gasteiger partial charge in [-0.1, -0.05) is 12.1 Å². The van der Waals surface area contributed by atoms with Crippen molar-refractivity contribution in [2.45, 2.75) is 6.92 Å². The number of hydrogen-bond donors (Lipinski definition) is 1. The lowest BCUT2D eigenvalue weighted by Crippen LogP contribution is -1.97. The number of carbonyl (C=O) groups is 4. The number of rotatable bonds is 4. The molecule has 0 heterocycles. The second kappa shape index (κ2) is 8.96. The monoisotopic (exact) mass is 366 g/mol. The van der Waals surface area contributed by atoms with Crippen molar-refractivity contribution in [1.29, 1.82) is 0 Å². The van der Waals surface area contributed by atoms with Crippen LogP contribution in [-0.4, -0.2) is 27.3 Å². The highest BCUT2D eigenvalue weighted by molar-refractivity contribution is 6.68. The summed E-state index contributed by atoms with van der Waals surface area (Å²) in [5.41, 5.74) is 1.41. The van der Waals surface area contributed by atoms with Crippen molar-refractivity contribution in [3.8, 4) is 0 Å². The molecule has 0 unspecified atom stereocenters. The molecule has 0 saturated carbocycles. The van der Waals surface area contributed by atoms with Crippen LogP contribution >= 0.6 is 23.2 Å². The number of carboxylic acid groups (broad SMARTS) is 1. The number of aromatic carboxylic acids is 1. The Bertz CT molecular complexity index is 631. The molecule has 0 saturated heterocycles. The van der Waals surface area contributed by atoms with Crippen molar-refractivity contribution in [2.75, 3.05) is 0 Å². The molecule has 0 atom stereocenters. The van der Waals surface area contributed by atoms with Gasteiger partial charge in [0.15, 0.2) is 5.78 Å². The number of ketones is 1. The van der Waals surface area contributed by atoms with Crippen molar-refractivity contribution < 1.29 is 24.3 Å². The van der Waals surface area contributed by atoms with Gasteiger partial charge in [-0.05, 0) is 66.5 Å². The highest BCUT2D eigenvalue weighted by Gasteiger charge is 2.04.